The standard InChI is InChI=1S/C14H15NO4/c1-15-14(17)8-6-10-9(11(16)7-8)4-5-12(18-2)13(10)19-3/h4-7,16H,1-3H3,(H,15,17). The average Bonchev–Trinajstić information content (AvgIpc) is 2.44. The number of nitrogens with one attached hydrogen (secondary N) is 1. The van der Waals surface area contributed by atoms with Gasteiger partial charge in [-0.2, -0.15) is 0 Å². The van der Waals surface area contributed by atoms with Gasteiger partial charge >= 0.3 is 0 Å². The van der Waals surface area contributed by atoms with Crippen molar-refractivity contribution in [3.8, 4) is 17.2 Å². The fourth-order valence-corrected chi connectivity index (χ4v) is 2.02. The number of aromatic hydroxyl groups is 1. The quantitative estimate of drug-likeness (QED) is 0.885. The molecule has 0 atom stereocenters. The van der Waals surface area contributed by atoms with E-state index in [0.29, 0.717) is 27.8 Å². The number of amides is 1. The minimum Gasteiger partial charge on any atom is -0.507 e. The molecule has 2 aromatic rings. The van der Waals surface area contributed by atoms with Gasteiger partial charge in [0.1, 0.15) is 5.75 Å². The summed E-state index contributed by atoms with van der Waals surface area (Å²) in [6, 6.07) is 6.52. The van der Waals surface area contributed by atoms with Crippen molar-refractivity contribution in [1.29, 1.82) is 0 Å². The van der Waals surface area contributed by atoms with Gasteiger partial charge in [0.05, 0.1) is 14.2 Å². The van der Waals surface area contributed by atoms with Crippen molar-refractivity contribution in [2.75, 3.05) is 21.3 Å². The van der Waals surface area contributed by atoms with E-state index in [0.717, 1.165) is 0 Å². The number of carbonyl (C=O) groups is 1. The van der Waals surface area contributed by atoms with Crippen molar-refractivity contribution in [1.82, 2.24) is 5.32 Å². The molecule has 100 valence electrons. The largest absolute Gasteiger partial charge is 0.507 e. The van der Waals surface area contributed by atoms with E-state index >= 15 is 0 Å². The molecular weight excluding hydrogens is 246 g/mol. The second-order valence-corrected chi connectivity index (χ2v) is 3.97. The van der Waals surface area contributed by atoms with Crippen LogP contribution >= 0.6 is 0 Å². The van der Waals surface area contributed by atoms with Gasteiger partial charge in [-0.15, -0.1) is 0 Å². The highest BCUT2D eigenvalue weighted by Crippen LogP contribution is 2.39. The van der Waals surface area contributed by atoms with Gasteiger partial charge in [-0.3, -0.25) is 4.79 Å². The highest BCUT2D eigenvalue weighted by Gasteiger charge is 2.14. The predicted octanol–water partition coefficient (Wildman–Crippen LogP) is 1.92. The Hall–Kier alpha value is -2.43. The monoisotopic (exact) mass is 261 g/mol. The first-order valence-corrected chi connectivity index (χ1v) is 5.72. The molecule has 0 saturated heterocycles. The van der Waals surface area contributed by atoms with Gasteiger partial charge in [-0.05, 0) is 24.3 Å². The molecule has 5 nitrogen and oxygen atoms in total. The van der Waals surface area contributed by atoms with Crippen LogP contribution in [0.25, 0.3) is 10.8 Å². The number of carbonyl (C=O) groups excluding carboxylic acids is 1. The molecule has 0 aliphatic heterocycles. The van der Waals surface area contributed by atoms with Gasteiger partial charge in [-0.25, -0.2) is 0 Å². The third kappa shape index (κ3) is 2.14. The first-order valence-electron chi connectivity index (χ1n) is 5.72. The number of phenolic OH excluding ortho intramolecular Hbond substituents is 1. The lowest BCUT2D eigenvalue weighted by Crippen LogP contribution is -2.17. The molecule has 0 bridgehead atoms. The zero-order valence-electron chi connectivity index (χ0n) is 11.0. The summed E-state index contributed by atoms with van der Waals surface area (Å²) in [7, 11) is 4.58. The normalized spacial score (nSPS) is 10.3. The van der Waals surface area contributed by atoms with E-state index in [1.165, 1.54) is 27.3 Å². The maximum absolute atomic E-state index is 11.7. The first-order chi connectivity index (χ1) is 9.12. The molecule has 0 aliphatic carbocycles. The van der Waals surface area contributed by atoms with E-state index in [1.807, 2.05) is 0 Å². The molecule has 0 aliphatic rings. The van der Waals surface area contributed by atoms with Crippen LogP contribution in [0.2, 0.25) is 0 Å². The summed E-state index contributed by atoms with van der Waals surface area (Å²) in [5, 5.41) is 13.7. The average molecular weight is 261 g/mol. The topological polar surface area (TPSA) is 67.8 Å². The molecular formula is C14H15NO4. The van der Waals surface area contributed by atoms with Crippen LogP contribution < -0.4 is 14.8 Å². The number of ether oxygens (including phenoxy) is 2. The molecule has 0 radical (unpaired) electrons. The molecule has 0 heterocycles. The SMILES string of the molecule is CNC(=O)c1cc(O)c2ccc(OC)c(OC)c2c1. The van der Waals surface area contributed by atoms with Gasteiger partial charge in [-0.1, -0.05) is 0 Å². The highest BCUT2D eigenvalue weighted by molar-refractivity contribution is 6.03. The number of benzene rings is 2. The second kappa shape index (κ2) is 5.06. The molecule has 2 rings (SSSR count). The first kappa shape index (κ1) is 13.0. The Morgan fingerprint density at radius 1 is 1.16 bits per heavy atom. The summed E-state index contributed by atoms with van der Waals surface area (Å²) in [6.07, 6.45) is 0. The molecule has 0 saturated carbocycles. The Balaban J connectivity index is 2.79. The van der Waals surface area contributed by atoms with Gasteiger partial charge in [0.15, 0.2) is 11.5 Å². The Bertz CT molecular complexity index is 637. The Kier molecular flexibility index (Phi) is 3.46. The van der Waals surface area contributed by atoms with Gasteiger partial charge in [0, 0.05) is 23.4 Å². The van der Waals surface area contributed by atoms with Gasteiger partial charge < -0.3 is 19.9 Å². The van der Waals surface area contributed by atoms with Crippen LogP contribution in [0.5, 0.6) is 17.2 Å². The maximum atomic E-state index is 11.7. The van der Waals surface area contributed by atoms with E-state index in [2.05, 4.69) is 5.32 Å². The molecule has 0 unspecified atom stereocenters. The van der Waals surface area contributed by atoms with E-state index in [1.54, 1.807) is 18.2 Å². The molecule has 19 heavy (non-hydrogen) atoms. The van der Waals surface area contributed by atoms with Gasteiger partial charge in [0.2, 0.25) is 0 Å². The number of methoxy groups -OCH3 is 2. The lowest BCUT2D eigenvalue weighted by molar-refractivity contribution is 0.0963. The van der Waals surface area contributed by atoms with Crippen LogP contribution in [0, 0.1) is 0 Å². The fourth-order valence-electron chi connectivity index (χ4n) is 2.02. The molecule has 2 N–H and O–H groups in total. The molecule has 0 spiro atoms. The second-order valence-electron chi connectivity index (χ2n) is 3.97. The Morgan fingerprint density at radius 3 is 2.47 bits per heavy atom. The zero-order chi connectivity index (χ0) is 14.0. The highest BCUT2D eigenvalue weighted by atomic mass is 16.5. The van der Waals surface area contributed by atoms with E-state index < -0.39 is 0 Å². The van der Waals surface area contributed by atoms with E-state index in [9.17, 15) is 9.90 Å². The van der Waals surface area contributed by atoms with Crippen molar-refractivity contribution in [3.63, 3.8) is 0 Å². The lowest BCUT2D eigenvalue weighted by Gasteiger charge is -2.12. The van der Waals surface area contributed by atoms with Crippen molar-refractivity contribution in [2.45, 2.75) is 0 Å². The molecule has 5 heteroatoms. The van der Waals surface area contributed by atoms with Crippen molar-refractivity contribution in [2.24, 2.45) is 0 Å². The summed E-state index contributed by atoms with van der Waals surface area (Å²) in [4.78, 5) is 11.7. The summed E-state index contributed by atoms with van der Waals surface area (Å²) in [6.45, 7) is 0. The summed E-state index contributed by atoms with van der Waals surface area (Å²) >= 11 is 0. The van der Waals surface area contributed by atoms with Crippen LogP contribution in [-0.2, 0) is 0 Å². The summed E-state index contributed by atoms with van der Waals surface area (Å²) in [5.41, 5.74) is 0.360. The van der Waals surface area contributed by atoms with Crippen LogP contribution in [0.4, 0.5) is 0 Å². The number of fused-ring (bicyclic) bond motifs is 1. The smallest absolute Gasteiger partial charge is 0.251 e. The van der Waals surface area contributed by atoms with Crippen molar-refractivity contribution < 1.29 is 19.4 Å². The number of hydrogen-bond acceptors (Lipinski definition) is 4. The summed E-state index contributed by atoms with van der Waals surface area (Å²) < 4.78 is 10.5. The minimum atomic E-state index is -0.276. The maximum Gasteiger partial charge on any atom is 0.251 e. The summed E-state index contributed by atoms with van der Waals surface area (Å²) in [5.74, 6) is 0.781. The number of hydrogen-bond donors (Lipinski definition) is 2. The fraction of sp³-hybridized carbons (Fsp3) is 0.214. The third-order valence-electron chi connectivity index (χ3n) is 2.94. The minimum absolute atomic E-state index is 0.0250. The number of phenols is 1. The lowest BCUT2D eigenvalue weighted by atomic mass is 10.0. The Labute approximate surface area is 110 Å². The van der Waals surface area contributed by atoms with Crippen molar-refractivity contribution in [3.05, 3.63) is 29.8 Å². The van der Waals surface area contributed by atoms with Crippen LogP contribution in [0.1, 0.15) is 10.4 Å². The van der Waals surface area contributed by atoms with E-state index in [-0.39, 0.29) is 11.7 Å². The third-order valence-corrected chi connectivity index (χ3v) is 2.94. The molecule has 0 fully saturated rings. The van der Waals surface area contributed by atoms with Crippen LogP contribution in [-0.4, -0.2) is 32.3 Å². The van der Waals surface area contributed by atoms with Crippen LogP contribution in [0.15, 0.2) is 24.3 Å². The van der Waals surface area contributed by atoms with E-state index in [4.69, 9.17) is 9.47 Å². The van der Waals surface area contributed by atoms with Gasteiger partial charge in [0.25, 0.3) is 5.91 Å². The zero-order valence-corrected chi connectivity index (χ0v) is 11.0. The molecule has 2 aromatic carbocycles. The van der Waals surface area contributed by atoms with Crippen molar-refractivity contribution >= 4 is 16.7 Å². The van der Waals surface area contributed by atoms with Crippen LogP contribution in [0.3, 0.4) is 0 Å². The predicted molar refractivity (Wildman–Crippen MR) is 72.1 cm³/mol. The number of rotatable bonds is 3. The molecule has 1 amide bonds. The molecule has 0 aromatic heterocycles. The Morgan fingerprint density at radius 2 is 1.89 bits per heavy atom.